The van der Waals surface area contributed by atoms with Gasteiger partial charge in [-0.2, -0.15) is 0 Å². The van der Waals surface area contributed by atoms with Crippen LogP contribution < -0.4 is 9.47 Å². The first kappa shape index (κ1) is 15.1. The molecule has 0 aliphatic rings. The number of benzene rings is 2. The molecule has 0 unspecified atom stereocenters. The molecule has 0 fully saturated rings. The van der Waals surface area contributed by atoms with Gasteiger partial charge in [0.15, 0.2) is 11.5 Å². The number of aromatic nitrogens is 1. The van der Waals surface area contributed by atoms with E-state index in [4.69, 9.17) is 14.5 Å². The van der Waals surface area contributed by atoms with E-state index < -0.39 is 0 Å². The van der Waals surface area contributed by atoms with Crippen LogP contribution in [0.4, 0.5) is 0 Å². The molecule has 0 saturated heterocycles. The summed E-state index contributed by atoms with van der Waals surface area (Å²) in [4.78, 5) is 4.72. The number of ether oxygens (including phenoxy) is 2. The summed E-state index contributed by atoms with van der Waals surface area (Å²) < 4.78 is 11.7. The van der Waals surface area contributed by atoms with Crippen LogP contribution >= 0.6 is 27.3 Å². The highest BCUT2D eigenvalue weighted by atomic mass is 79.9. The molecule has 3 aromatic rings. The van der Waals surface area contributed by atoms with E-state index in [-0.39, 0.29) is 0 Å². The highest BCUT2D eigenvalue weighted by Crippen LogP contribution is 2.35. The second-order valence-corrected chi connectivity index (χ2v) is 6.39. The maximum Gasteiger partial charge on any atom is 0.161 e. The number of hydrogen-bond acceptors (Lipinski definition) is 4. The van der Waals surface area contributed by atoms with Crippen LogP contribution in [0.5, 0.6) is 11.5 Å². The molecule has 3 nitrogen and oxygen atoms in total. The Morgan fingerprint density at radius 3 is 2.27 bits per heavy atom. The van der Waals surface area contributed by atoms with E-state index in [1.165, 1.54) is 0 Å². The molecule has 0 aliphatic heterocycles. The molecule has 2 aromatic carbocycles. The average Bonchev–Trinajstić information content (AvgIpc) is 3.05. The summed E-state index contributed by atoms with van der Waals surface area (Å²) in [5.74, 6) is 1.43. The molecule has 112 valence electrons. The second kappa shape index (κ2) is 6.50. The van der Waals surface area contributed by atoms with Crippen molar-refractivity contribution in [1.29, 1.82) is 0 Å². The van der Waals surface area contributed by atoms with Crippen molar-refractivity contribution >= 4 is 27.3 Å². The molecule has 22 heavy (non-hydrogen) atoms. The van der Waals surface area contributed by atoms with E-state index in [2.05, 4.69) is 33.4 Å². The smallest absolute Gasteiger partial charge is 0.161 e. The first-order chi connectivity index (χ1) is 10.7. The summed E-state index contributed by atoms with van der Waals surface area (Å²) in [7, 11) is 3.27. The summed E-state index contributed by atoms with van der Waals surface area (Å²) in [6.45, 7) is 0. The molecule has 0 N–H and O–H groups in total. The summed E-state index contributed by atoms with van der Waals surface area (Å²) in [5, 5.41) is 3.02. The lowest BCUT2D eigenvalue weighted by Gasteiger charge is -2.08. The number of halogens is 1. The molecule has 0 radical (unpaired) electrons. The summed E-state index contributed by atoms with van der Waals surface area (Å²) in [6, 6.07) is 14.0. The van der Waals surface area contributed by atoms with Crippen LogP contribution in [0.3, 0.4) is 0 Å². The van der Waals surface area contributed by atoms with Gasteiger partial charge in [0.1, 0.15) is 5.01 Å². The first-order valence-corrected chi connectivity index (χ1v) is 8.32. The predicted octanol–water partition coefficient (Wildman–Crippen LogP) is 5.26. The van der Waals surface area contributed by atoms with Crippen molar-refractivity contribution in [2.75, 3.05) is 14.2 Å². The number of methoxy groups -OCH3 is 2. The maximum atomic E-state index is 5.35. The largest absolute Gasteiger partial charge is 0.493 e. The van der Waals surface area contributed by atoms with Gasteiger partial charge in [0.25, 0.3) is 0 Å². The Balaban J connectivity index is 1.95. The van der Waals surface area contributed by atoms with Gasteiger partial charge in [-0.05, 0) is 30.3 Å². The lowest BCUT2D eigenvalue weighted by atomic mass is 10.2. The monoisotopic (exact) mass is 375 g/mol. The fourth-order valence-electron chi connectivity index (χ4n) is 2.13. The van der Waals surface area contributed by atoms with Gasteiger partial charge >= 0.3 is 0 Å². The molecule has 0 bridgehead atoms. The molecule has 0 saturated carbocycles. The molecule has 0 atom stereocenters. The molecular weight excluding hydrogens is 362 g/mol. The minimum atomic E-state index is 0.709. The molecule has 0 aliphatic carbocycles. The molecule has 3 rings (SSSR count). The SMILES string of the molecule is COc1ccc(-c2nc(-c3ccc(Br)cc3)cs2)cc1OC. The minimum absolute atomic E-state index is 0.709. The third kappa shape index (κ3) is 3.00. The summed E-state index contributed by atoms with van der Waals surface area (Å²) >= 11 is 5.06. The summed E-state index contributed by atoms with van der Waals surface area (Å²) in [5.41, 5.74) is 3.10. The Bertz CT molecular complexity index is 784. The van der Waals surface area contributed by atoms with Crippen LogP contribution in [0.1, 0.15) is 0 Å². The van der Waals surface area contributed by atoms with Crippen molar-refractivity contribution in [2.24, 2.45) is 0 Å². The Hall–Kier alpha value is -1.85. The fourth-order valence-corrected chi connectivity index (χ4v) is 3.22. The lowest BCUT2D eigenvalue weighted by molar-refractivity contribution is 0.355. The predicted molar refractivity (Wildman–Crippen MR) is 93.8 cm³/mol. The van der Waals surface area contributed by atoms with Crippen molar-refractivity contribution in [1.82, 2.24) is 4.98 Å². The second-order valence-electron chi connectivity index (χ2n) is 4.61. The van der Waals surface area contributed by atoms with Crippen molar-refractivity contribution < 1.29 is 9.47 Å². The van der Waals surface area contributed by atoms with Crippen LogP contribution in [0, 0.1) is 0 Å². The quantitative estimate of drug-likeness (QED) is 0.623. The van der Waals surface area contributed by atoms with Gasteiger partial charge in [-0.1, -0.05) is 28.1 Å². The highest BCUT2D eigenvalue weighted by Gasteiger charge is 2.10. The first-order valence-electron chi connectivity index (χ1n) is 6.65. The van der Waals surface area contributed by atoms with Crippen LogP contribution in [-0.2, 0) is 0 Å². The standard InChI is InChI=1S/C17H14BrNO2S/c1-20-15-8-5-12(9-16(15)21-2)17-19-14(10-22-17)11-3-6-13(18)7-4-11/h3-10H,1-2H3. The molecular formula is C17H14BrNO2S. The maximum absolute atomic E-state index is 5.35. The van der Waals surface area contributed by atoms with E-state index >= 15 is 0 Å². The normalized spacial score (nSPS) is 10.5. The Labute approximate surface area is 141 Å². The van der Waals surface area contributed by atoms with Gasteiger partial charge in [0, 0.05) is 21.0 Å². The molecule has 0 amide bonds. The van der Waals surface area contributed by atoms with Crippen molar-refractivity contribution in [3.8, 4) is 33.3 Å². The topological polar surface area (TPSA) is 31.4 Å². The van der Waals surface area contributed by atoms with Crippen LogP contribution in [-0.4, -0.2) is 19.2 Å². The third-order valence-corrected chi connectivity index (χ3v) is 4.69. The van der Waals surface area contributed by atoms with E-state index in [0.717, 1.165) is 32.1 Å². The number of thiazole rings is 1. The minimum Gasteiger partial charge on any atom is -0.493 e. The molecule has 1 heterocycles. The van der Waals surface area contributed by atoms with Crippen LogP contribution in [0.25, 0.3) is 21.8 Å². The summed E-state index contributed by atoms with van der Waals surface area (Å²) in [6.07, 6.45) is 0. The van der Waals surface area contributed by atoms with Gasteiger partial charge in [-0.25, -0.2) is 4.98 Å². The fraction of sp³-hybridized carbons (Fsp3) is 0.118. The number of rotatable bonds is 4. The van der Waals surface area contributed by atoms with E-state index in [1.54, 1.807) is 25.6 Å². The molecule has 5 heteroatoms. The third-order valence-electron chi connectivity index (χ3n) is 3.27. The van der Waals surface area contributed by atoms with Gasteiger partial charge in [0.05, 0.1) is 19.9 Å². The van der Waals surface area contributed by atoms with Gasteiger partial charge in [-0.3, -0.25) is 0 Å². The highest BCUT2D eigenvalue weighted by molar-refractivity contribution is 9.10. The van der Waals surface area contributed by atoms with Crippen molar-refractivity contribution in [3.63, 3.8) is 0 Å². The Morgan fingerprint density at radius 2 is 1.59 bits per heavy atom. The van der Waals surface area contributed by atoms with Gasteiger partial charge in [0.2, 0.25) is 0 Å². The molecule has 0 spiro atoms. The average molecular weight is 376 g/mol. The zero-order valence-electron chi connectivity index (χ0n) is 12.2. The molecule has 1 aromatic heterocycles. The van der Waals surface area contributed by atoms with Crippen molar-refractivity contribution in [3.05, 3.63) is 52.3 Å². The van der Waals surface area contributed by atoms with Gasteiger partial charge in [-0.15, -0.1) is 11.3 Å². The Morgan fingerprint density at radius 1 is 0.909 bits per heavy atom. The van der Waals surface area contributed by atoms with Crippen molar-refractivity contribution in [2.45, 2.75) is 0 Å². The van der Waals surface area contributed by atoms with E-state index in [0.29, 0.717) is 5.75 Å². The zero-order valence-corrected chi connectivity index (χ0v) is 14.6. The number of nitrogens with zero attached hydrogens (tertiary/aromatic N) is 1. The van der Waals surface area contributed by atoms with Crippen LogP contribution in [0.2, 0.25) is 0 Å². The zero-order chi connectivity index (χ0) is 15.5. The lowest BCUT2D eigenvalue weighted by Crippen LogP contribution is -1.90. The van der Waals surface area contributed by atoms with Crippen LogP contribution in [0.15, 0.2) is 52.3 Å². The van der Waals surface area contributed by atoms with E-state index in [9.17, 15) is 0 Å². The van der Waals surface area contributed by atoms with E-state index in [1.807, 2.05) is 30.3 Å². The number of hydrogen-bond donors (Lipinski definition) is 0. The van der Waals surface area contributed by atoms with Gasteiger partial charge < -0.3 is 9.47 Å². The Kier molecular flexibility index (Phi) is 4.45.